The molecule has 35 heavy (non-hydrogen) atoms. The van der Waals surface area contributed by atoms with Crippen LogP contribution in [-0.2, 0) is 11.3 Å². The summed E-state index contributed by atoms with van der Waals surface area (Å²) in [7, 11) is 0. The maximum absolute atomic E-state index is 13.3. The zero-order valence-electron chi connectivity index (χ0n) is 19.9. The summed E-state index contributed by atoms with van der Waals surface area (Å²) in [6.45, 7) is 7.89. The second kappa shape index (κ2) is 9.01. The van der Waals surface area contributed by atoms with Crippen LogP contribution in [0.15, 0.2) is 51.8 Å². The standard InChI is InChI=1S/C25H27FN6O3/c1-16(2)32-21-9-4-18(24-27-17(3)35-28-24)14-22(21)31(25(32)34)15-23(33)30-12-10-29(11-13-30)20-7-5-19(26)6-8-20/h4-9,14,16H,10-13,15H2,1-3H3. The second-order valence-corrected chi connectivity index (χ2v) is 9.02. The fourth-order valence-electron chi connectivity index (χ4n) is 4.59. The Balaban J connectivity index is 1.40. The molecule has 1 fully saturated rings. The smallest absolute Gasteiger partial charge is 0.329 e. The van der Waals surface area contributed by atoms with E-state index in [4.69, 9.17) is 4.52 Å². The number of aromatic nitrogens is 4. The molecule has 0 spiro atoms. The number of halogens is 1. The molecule has 0 N–H and O–H groups in total. The van der Waals surface area contributed by atoms with Gasteiger partial charge in [-0.3, -0.25) is 13.9 Å². The van der Waals surface area contributed by atoms with E-state index >= 15 is 0 Å². The quantitative estimate of drug-likeness (QED) is 0.438. The lowest BCUT2D eigenvalue weighted by Crippen LogP contribution is -2.50. The first-order valence-corrected chi connectivity index (χ1v) is 11.7. The first-order valence-electron chi connectivity index (χ1n) is 11.7. The van der Waals surface area contributed by atoms with E-state index in [1.807, 2.05) is 32.0 Å². The van der Waals surface area contributed by atoms with E-state index in [-0.39, 0.29) is 30.0 Å². The topological polar surface area (TPSA) is 89.4 Å². The predicted molar refractivity (Wildman–Crippen MR) is 130 cm³/mol. The second-order valence-electron chi connectivity index (χ2n) is 9.02. The van der Waals surface area contributed by atoms with Gasteiger partial charge in [-0.05, 0) is 56.3 Å². The number of amides is 1. The van der Waals surface area contributed by atoms with Crippen molar-refractivity contribution in [3.8, 4) is 11.4 Å². The molecule has 10 heteroatoms. The largest absolute Gasteiger partial charge is 0.368 e. The average molecular weight is 479 g/mol. The summed E-state index contributed by atoms with van der Waals surface area (Å²) in [5, 5.41) is 3.98. The number of carbonyl (C=O) groups is 1. The maximum atomic E-state index is 13.3. The predicted octanol–water partition coefficient (Wildman–Crippen LogP) is 3.23. The van der Waals surface area contributed by atoms with Crippen molar-refractivity contribution in [1.29, 1.82) is 0 Å². The molecule has 0 atom stereocenters. The molecule has 1 aliphatic rings. The molecule has 3 heterocycles. The van der Waals surface area contributed by atoms with Crippen LogP contribution in [-0.4, -0.2) is 56.3 Å². The zero-order valence-corrected chi connectivity index (χ0v) is 19.9. The number of anilines is 1. The molecule has 4 aromatic rings. The summed E-state index contributed by atoms with van der Waals surface area (Å²) >= 11 is 0. The summed E-state index contributed by atoms with van der Waals surface area (Å²) in [6, 6.07) is 11.8. The lowest BCUT2D eigenvalue weighted by molar-refractivity contribution is -0.132. The monoisotopic (exact) mass is 478 g/mol. The van der Waals surface area contributed by atoms with E-state index < -0.39 is 0 Å². The van der Waals surface area contributed by atoms with Crippen LogP contribution in [0.3, 0.4) is 0 Å². The van der Waals surface area contributed by atoms with Gasteiger partial charge in [0.2, 0.25) is 17.6 Å². The summed E-state index contributed by atoms with van der Waals surface area (Å²) in [4.78, 5) is 34.7. The van der Waals surface area contributed by atoms with Crippen molar-refractivity contribution in [3.63, 3.8) is 0 Å². The van der Waals surface area contributed by atoms with Crippen LogP contribution in [0, 0.1) is 12.7 Å². The summed E-state index contributed by atoms with van der Waals surface area (Å²) in [5.74, 6) is 0.497. The molecule has 1 amide bonds. The molecule has 1 saturated heterocycles. The lowest BCUT2D eigenvalue weighted by Gasteiger charge is -2.36. The number of imidazole rings is 1. The number of rotatable bonds is 5. The summed E-state index contributed by atoms with van der Waals surface area (Å²) in [5.41, 5.74) is 2.82. The minimum Gasteiger partial charge on any atom is -0.368 e. The summed E-state index contributed by atoms with van der Waals surface area (Å²) in [6.07, 6.45) is 0. The third-order valence-electron chi connectivity index (χ3n) is 6.38. The highest BCUT2D eigenvalue weighted by atomic mass is 19.1. The first kappa shape index (κ1) is 22.8. The molecular formula is C25H27FN6O3. The van der Waals surface area contributed by atoms with Gasteiger partial charge in [0.15, 0.2) is 0 Å². The highest BCUT2D eigenvalue weighted by Crippen LogP contribution is 2.24. The molecule has 2 aromatic heterocycles. The minimum atomic E-state index is -0.272. The van der Waals surface area contributed by atoms with Crippen molar-refractivity contribution >= 4 is 22.6 Å². The Bertz CT molecular complexity index is 1430. The Hall–Kier alpha value is -3.95. The third-order valence-corrected chi connectivity index (χ3v) is 6.38. The van der Waals surface area contributed by atoms with Crippen LogP contribution in [0.25, 0.3) is 22.4 Å². The molecule has 2 aromatic carbocycles. The number of hydrogen-bond donors (Lipinski definition) is 0. The highest BCUT2D eigenvalue weighted by molar-refractivity contribution is 5.84. The lowest BCUT2D eigenvalue weighted by atomic mass is 10.2. The van der Waals surface area contributed by atoms with Gasteiger partial charge in [-0.25, -0.2) is 9.18 Å². The Labute approximate surface area is 201 Å². The molecule has 0 radical (unpaired) electrons. The third kappa shape index (κ3) is 4.31. The van der Waals surface area contributed by atoms with Crippen LogP contribution in [0.5, 0.6) is 0 Å². The van der Waals surface area contributed by atoms with Gasteiger partial charge in [0.25, 0.3) is 0 Å². The number of hydrogen-bond acceptors (Lipinski definition) is 6. The van der Waals surface area contributed by atoms with Crippen molar-refractivity contribution in [1.82, 2.24) is 24.2 Å². The molecule has 0 aliphatic carbocycles. The zero-order chi connectivity index (χ0) is 24.7. The molecule has 1 aliphatic heterocycles. The van der Waals surface area contributed by atoms with E-state index in [1.165, 1.54) is 16.7 Å². The fourth-order valence-corrected chi connectivity index (χ4v) is 4.59. The highest BCUT2D eigenvalue weighted by Gasteiger charge is 2.24. The van der Waals surface area contributed by atoms with Gasteiger partial charge < -0.3 is 14.3 Å². The molecule has 0 unspecified atom stereocenters. The number of carbonyl (C=O) groups excluding carboxylic acids is 1. The van der Waals surface area contributed by atoms with Gasteiger partial charge in [0.1, 0.15) is 12.4 Å². The first-order chi connectivity index (χ1) is 16.8. The van der Waals surface area contributed by atoms with Gasteiger partial charge >= 0.3 is 5.69 Å². The molecule has 0 bridgehead atoms. The number of benzene rings is 2. The van der Waals surface area contributed by atoms with Crippen molar-refractivity contribution in [2.24, 2.45) is 0 Å². The molecule has 9 nitrogen and oxygen atoms in total. The van der Waals surface area contributed by atoms with Gasteiger partial charge in [0.05, 0.1) is 11.0 Å². The Morgan fingerprint density at radius 3 is 2.40 bits per heavy atom. The van der Waals surface area contributed by atoms with Crippen LogP contribution >= 0.6 is 0 Å². The number of piperazine rings is 1. The van der Waals surface area contributed by atoms with E-state index in [1.54, 1.807) is 28.5 Å². The van der Waals surface area contributed by atoms with Gasteiger partial charge in [-0.1, -0.05) is 5.16 Å². The van der Waals surface area contributed by atoms with Crippen LogP contribution in [0.1, 0.15) is 25.8 Å². The van der Waals surface area contributed by atoms with E-state index in [0.717, 1.165) is 11.2 Å². The summed E-state index contributed by atoms with van der Waals surface area (Å²) < 4.78 is 21.6. The van der Waals surface area contributed by atoms with E-state index in [2.05, 4.69) is 15.0 Å². The van der Waals surface area contributed by atoms with E-state index in [0.29, 0.717) is 49.0 Å². The molecule has 5 rings (SSSR count). The van der Waals surface area contributed by atoms with Crippen LogP contribution < -0.4 is 10.6 Å². The van der Waals surface area contributed by atoms with Crippen molar-refractivity contribution in [2.75, 3.05) is 31.1 Å². The van der Waals surface area contributed by atoms with Gasteiger partial charge in [0, 0.05) is 50.4 Å². The number of fused-ring (bicyclic) bond motifs is 1. The van der Waals surface area contributed by atoms with Crippen LogP contribution in [0.2, 0.25) is 0 Å². The van der Waals surface area contributed by atoms with Crippen molar-refractivity contribution in [2.45, 2.75) is 33.4 Å². The van der Waals surface area contributed by atoms with Crippen LogP contribution in [0.4, 0.5) is 10.1 Å². The average Bonchev–Trinajstić information content (AvgIpc) is 3.40. The van der Waals surface area contributed by atoms with E-state index in [9.17, 15) is 14.0 Å². The minimum absolute atomic E-state index is 0.0552. The van der Waals surface area contributed by atoms with Gasteiger partial charge in [-0.2, -0.15) is 4.98 Å². The Kier molecular flexibility index (Phi) is 5.88. The molecular weight excluding hydrogens is 451 g/mol. The number of nitrogens with zero attached hydrogens (tertiary/aromatic N) is 6. The fraction of sp³-hybridized carbons (Fsp3) is 0.360. The Morgan fingerprint density at radius 1 is 1.06 bits per heavy atom. The van der Waals surface area contributed by atoms with Crippen molar-refractivity contribution in [3.05, 3.63) is 64.7 Å². The van der Waals surface area contributed by atoms with Crippen molar-refractivity contribution < 1.29 is 13.7 Å². The SMILES string of the molecule is Cc1nc(-c2ccc3c(c2)n(CC(=O)N2CCN(c4ccc(F)cc4)CC2)c(=O)n3C(C)C)no1. The molecule has 0 saturated carbocycles. The maximum Gasteiger partial charge on any atom is 0.329 e. The normalized spacial score (nSPS) is 14.3. The number of aryl methyl sites for hydroxylation is 1. The Morgan fingerprint density at radius 2 is 1.77 bits per heavy atom. The van der Waals surface area contributed by atoms with Gasteiger partial charge in [-0.15, -0.1) is 0 Å². The molecule has 182 valence electrons.